The van der Waals surface area contributed by atoms with E-state index in [1.54, 1.807) is 6.07 Å². The molecule has 7 nitrogen and oxygen atoms in total. The predicted octanol–water partition coefficient (Wildman–Crippen LogP) is 2.56. The minimum Gasteiger partial charge on any atom is -0.353 e. The highest BCUT2D eigenvalue weighted by atomic mass is 127. The summed E-state index contributed by atoms with van der Waals surface area (Å²) < 4.78 is 1.10. The van der Waals surface area contributed by atoms with Crippen LogP contribution in [0.2, 0.25) is 0 Å². The Morgan fingerprint density at radius 1 is 1.08 bits per heavy atom. The van der Waals surface area contributed by atoms with E-state index in [9.17, 15) is 14.9 Å². The van der Waals surface area contributed by atoms with E-state index in [0.717, 1.165) is 3.57 Å². The molecule has 1 aliphatic heterocycles. The molecule has 2 heterocycles. The number of hydrogen-bond donors (Lipinski definition) is 0. The molecule has 0 aliphatic carbocycles. The summed E-state index contributed by atoms with van der Waals surface area (Å²) in [7, 11) is 0. The largest absolute Gasteiger partial charge is 0.353 e. The molecule has 1 saturated heterocycles. The molecule has 2 aromatic rings. The molecule has 0 spiro atoms. The number of carbonyl (C=O) groups is 1. The van der Waals surface area contributed by atoms with Gasteiger partial charge in [-0.05, 0) is 52.9 Å². The Bertz CT molecular complexity index is 741. The summed E-state index contributed by atoms with van der Waals surface area (Å²) in [6, 6.07) is 10.6. The van der Waals surface area contributed by atoms with Gasteiger partial charge in [0.15, 0.2) is 0 Å². The maximum Gasteiger partial charge on any atom is 0.287 e. The van der Waals surface area contributed by atoms with Crippen LogP contribution in [0.4, 0.5) is 11.5 Å². The quantitative estimate of drug-likeness (QED) is 0.418. The van der Waals surface area contributed by atoms with E-state index in [4.69, 9.17) is 0 Å². The van der Waals surface area contributed by atoms with Crippen LogP contribution in [0.3, 0.4) is 0 Å². The van der Waals surface area contributed by atoms with Crippen molar-refractivity contribution in [2.45, 2.75) is 0 Å². The number of amides is 1. The maximum atomic E-state index is 12.5. The molecule has 0 N–H and O–H groups in total. The Balaban J connectivity index is 1.62. The lowest BCUT2D eigenvalue weighted by atomic mass is 10.2. The molecule has 0 bridgehead atoms. The molecular formula is C16H15IN4O3. The number of hydrogen-bond acceptors (Lipinski definition) is 5. The van der Waals surface area contributed by atoms with Gasteiger partial charge in [0.05, 0.1) is 4.92 Å². The van der Waals surface area contributed by atoms with E-state index in [0.29, 0.717) is 37.6 Å². The zero-order valence-corrected chi connectivity index (χ0v) is 14.9. The number of pyridine rings is 1. The lowest BCUT2D eigenvalue weighted by Gasteiger charge is -2.35. The highest BCUT2D eigenvalue weighted by molar-refractivity contribution is 14.1. The number of nitrogens with zero attached hydrogens (tertiary/aromatic N) is 4. The number of anilines is 1. The van der Waals surface area contributed by atoms with Crippen LogP contribution >= 0.6 is 22.6 Å². The third-order valence-electron chi connectivity index (χ3n) is 3.93. The number of halogens is 1. The van der Waals surface area contributed by atoms with Gasteiger partial charge in [-0.25, -0.2) is 4.98 Å². The molecule has 1 aromatic heterocycles. The Morgan fingerprint density at radius 2 is 1.75 bits per heavy atom. The van der Waals surface area contributed by atoms with Crippen LogP contribution in [0.5, 0.6) is 0 Å². The monoisotopic (exact) mass is 438 g/mol. The lowest BCUT2D eigenvalue weighted by molar-refractivity contribution is -0.385. The Kier molecular flexibility index (Phi) is 4.93. The van der Waals surface area contributed by atoms with Crippen LogP contribution in [0.25, 0.3) is 0 Å². The van der Waals surface area contributed by atoms with Gasteiger partial charge < -0.3 is 9.80 Å². The number of benzene rings is 1. The van der Waals surface area contributed by atoms with Crippen LogP contribution in [0.1, 0.15) is 10.4 Å². The van der Waals surface area contributed by atoms with Crippen molar-refractivity contribution in [1.82, 2.24) is 9.88 Å². The molecule has 124 valence electrons. The summed E-state index contributed by atoms with van der Waals surface area (Å²) in [6.07, 6.45) is 1.26. The van der Waals surface area contributed by atoms with E-state index in [2.05, 4.69) is 27.6 Å². The van der Waals surface area contributed by atoms with Gasteiger partial charge in [0.1, 0.15) is 12.0 Å². The second-order valence-corrected chi connectivity index (χ2v) is 6.66. The molecule has 0 saturated carbocycles. The molecule has 8 heteroatoms. The number of carbonyl (C=O) groups excluding carboxylic acids is 1. The summed E-state index contributed by atoms with van der Waals surface area (Å²) >= 11 is 2.21. The molecule has 1 fully saturated rings. The second-order valence-electron chi connectivity index (χ2n) is 5.42. The molecule has 0 radical (unpaired) electrons. The van der Waals surface area contributed by atoms with E-state index in [-0.39, 0.29) is 11.6 Å². The van der Waals surface area contributed by atoms with Gasteiger partial charge in [-0.3, -0.25) is 14.9 Å². The third-order valence-corrected chi connectivity index (χ3v) is 4.64. The normalized spacial score (nSPS) is 14.5. The first kappa shape index (κ1) is 16.6. The average Bonchev–Trinajstić information content (AvgIpc) is 2.62. The highest BCUT2D eigenvalue weighted by Crippen LogP contribution is 2.18. The minimum atomic E-state index is -0.464. The van der Waals surface area contributed by atoms with Gasteiger partial charge in [0, 0.05) is 41.4 Å². The molecular weight excluding hydrogens is 423 g/mol. The molecule has 1 aromatic carbocycles. The molecule has 3 rings (SSSR count). The molecule has 1 aliphatic rings. The highest BCUT2D eigenvalue weighted by Gasteiger charge is 2.23. The first-order chi connectivity index (χ1) is 11.5. The van der Waals surface area contributed by atoms with Crippen molar-refractivity contribution in [3.63, 3.8) is 0 Å². The summed E-state index contributed by atoms with van der Waals surface area (Å²) in [5.41, 5.74) is 0.670. The fourth-order valence-electron chi connectivity index (χ4n) is 2.59. The second kappa shape index (κ2) is 7.12. The molecule has 1 amide bonds. The first-order valence-corrected chi connectivity index (χ1v) is 8.53. The number of piperazine rings is 1. The van der Waals surface area contributed by atoms with E-state index < -0.39 is 4.92 Å². The zero-order chi connectivity index (χ0) is 17.1. The summed E-state index contributed by atoms with van der Waals surface area (Å²) in [4.78, 5) is 30.7. The van der Waals surface area contributed by atoms with E-state index >= 15 is 0 Å². The van der Waals surface area contributed by atoms with Crippen LogP contribution in [0.15, 0.2) is 42.6 Å². The Hall–Kier alpha value is -2.23. The Labute approximate surface area is 152 Å². The lowest BCUT2D eigenvalue weighted by Crippen LogP contribution is -2.49. The molecule has 0 unspecified atom stereocenters. The number of aromatic nitrogens is 1. The molecule has 24 heavy (non-hydrogen) atoms. The van der Waals surface area contributed by atoms with Gasteiger partial charge in [-0.15, -0.1) is 0 Å². The van der Waals surface area contributed by atoms with Gasteiger partial charge in [-0.1, -0.05) is 0 Å². The third kappa shape index (κ3) is 3.64. The smallest absolute Gasteiger partial charge is 0.287 e. The number of nitro groups is 1. The van der Waals surface area contributed by atoms with Crippen LogP contribution in [-0.2, 0) is 0 Å². The first-order valence-electron chi connectivity index (χ1n) is 7.45. The summed E-state index contributed by atoms with van der Waals surface area (Å²) in [5.74, 6) is 0.727. The zero-order valence-electron chi connectivity index (χ0n) is 12.8. The minimum absolute atomic E-state index is 0.0220. The maximum absolute atomic E-state index is 12.5. The standard InChI is InChI=1S/C16H15IN4O3/c17-13-3-1-12(2-4-13)16(22)20-9-7-19(8-10-20)15-6-5-14(11-18-15)21(23)24/h1-6,11H,7-10H2. The fraction of sp³-hybridized carbons (Fsp3) is 0.250. The van der Waals surface area contributed by atoms with Gasteiger partial charge in [0.25, 0.3) is 11.6 Å². The van der Waals surface area contributed by atoms with Crippen molar-refractivity contribution in [3.05, 3.63) is 61.8 Å². The van der Waals surface area contributed by atoms with Crippen molar-refractivity contribution in [3.8, 4) is 0 Å². The van der Waals surface area contributed by atoms with Gasteiger partial charge in [0.2, 0.25) is 0 Å². The van der Waals surface area contributed by atoms with Crippen LogP contribution in [-0.4, -0.2) is 46.9 Å². The van der Waals surface area contributed by atoms with Crippen molar-refractivity contribution < 1.29 is 9.72 Å². The van der Waals surface area contributed by atoms with Gasteiger partial charge >= 0.3 is 0 Å². The number of rotatable bonds is 3. The SMILES string of the molecule is O=C(c1ccc(I)cc1)N1CCN(c2ccc([N+](=O)[O-])cn2)CC1. The van der Waals surface area contributed by atoms with Crippen LogP contribution < -0.4 is 4.90 Å². The van der Waals surface area contributed by atoms with Crippen molar-refractivity contribution in [2.24, 2.45) is 0 Å². The fourth-order valence-corrected chi connectivity index (χ4v) is 2.95. The predicted molar refractivity (Wildman–Crippen MR) is 98.2 cm³/mol. The van der Waals surface area contributed by atoms with Crippen molar-refractivity contribution in [2.75, 3.05) is 31.1 Å². The topological polar surface area (TPSA) is 79.6 Å². The van der Waals surface area contributed by atoms with Gasteiger partial charge in [-0.2, -0.15) is 0 Å². The average molecular weight is 438 g/mol. The van der Waals surface area contributed by atoms with Crippen LogP contribution in [0, 0.1) is 13.7 Å². The molecule has 0 atom stereocenters. The van der Waals surface area contributed by atoms with Crippen molar-refractivity contribution in [1.29, 1.82) is 0 Å². The van der Waals surface area contributed by atoms with Crippen molar-refractivity contribution >= 4 is 40.0 Å². The summed E-state index contributed by atoms with van der Waals surface area (Å²) in [6.45, 7) is 2.51. The Morgan fingerprint density at radius 3 is 2.29 bits per heavy atom. The van der Waals surface area contributed by atoms with E-state index in [1.807, 2.05) is 34.1 Å². The summed E-state index contributed by atoms with van der Waals surface area (Å²) in [5, 5.41) is 10.7. The van der Waals surface area contributed by atoms with E-state index in [1.165, 1.54) is 12.3 Å².